The number of aliphatic carboxylic acids is 1. The van der Waals surface area contributed by atoms with Crippen molar-refractivity contribution in [1.82, 2.24) is 0 Å². The van der Waals surface area contributed by atoms with Gasteiger partial charge in [0.25, 0.3) is 0 Å². The van der Waals surface area contributed by atoms with Crippen LogP contribution in [0.4, 0.5) is 0 Å². The summed E-state index contributed by atoms with van der Waals surface area (Å²) in [6, 6.07) is 0. The van der Waals surface area contributed by atoms with Crippen LogP contribution in [0.15, 0.2) is 0 Å². The standard InChI is InChI=1S/C12H18O5/c1-8-3-2-4-9(7-8)17-12(16)10(13)5-6-11(14)15/h8-9H,2-7H2,1H3,(H,14,15)/t8-,9+/m0/s1. The molecule has 0 aromatic carbocycles. The van der Waals surface area contributed by atoms with E-state index in [0.29, 0.717) is 5.92 Å². The summed E-state index contributed by atoms with van der Waals surface area (Å²) >= 11 is 0. The van der Waals surface area contributed by atoms with Gasteiger partial charge in [-0.25, -0.2) is 4.79 Å². The molecule has 0 heterocycles. The van der Waals surface area contributed by atoms with Crippen molar-refractivity contribution in [3.05, 3.63) is 0 Å². The number of carbonyl (C=O) groups is 3. The van der Waals surface area contributed by atoms with Gasteiger partial charge in [-0.1, -0.05) is 13.3 Å². The van der Waals surface area contributed by atoms with Gasteiger partial charge in [-0.2, -0.15) is 0 Å². The minimum absolute atomic E-state index is 0.181. The normalized spacial score (nSPS) is 24.1. The lowest BCUT2D eigenvalue weighted by molar-refractivity contribution is -0.159. The van der Waals surface area contributed by atoms with Gasteiger partial charge in [-0.3, -0.25) is 9.59 Å². The van der Waals surface area contributed by atoms with E-state index in [2.05, 4.69) is 6.92 Å². The highest BCUT2D eigenvalue weighted by Crippen LogP contribution is 2.25. The number of hydrogen-bond acceptors (Lipinski definition) is 4. The first-order valence-corrected chi connectivity index (χ1v) is 5.94. The van der Waals surface area contributed by atoms with Crippen LogP contribution in [0.25, 0.3) is 0 Å². The molecule has 0 aromatic heterocycles. The fourth-order valence-electron chi connectivity index (χ4n) is 2.03. The van der Waals surface area contributed by atoms with Crippen LogP contribution in [0.2, 0.25) is 0 Å². The lowest BCUT2D eigenvalue weighted by Gasteiger charge is -2.26. The van der Waals surface area contributed by atoms with Gasteiger partial charge in [0.2, 0.25) is 5.78 Å². The molecule has 0 saturated heterocycles. The molecule has 1 fully saturated rings. The van der Waals surface area contributed by atoms with Crippen molar-refractivity contribution in [2.24, 2.45) is 5.92 Å². The molecule has 1 N–H and O–H groups in total. The van der Waals surface area contributed by atoms with Crippen LogP contribution >= 0.6 is 0 Å². The van der Waals surface area contributed by atoms with E-state index in [9.17, 15) is 14.4 Å². The van der Waals surface area contributed by atoms with Crippen LogP contribution in [-0.4, -0.2) is 28.9 Å². The third-order valence-electron chi connectivity index (χ3n) is 2.96. The molecule has 0 unspecified atom stereocenters. The Morgan fingerprint density at radius 2 is 1.94 bits per heavy atom. The molecule has 5 heteroatoms. The Hall–Kier alpha value is -1.39. The van der Waals surface area contributed by atoms with E-state index < -0.39 is 17.7 Å². The fourth-order valence-corrected chi connectivity index (χ4v) is 2.03. The smallest absolute Gasteiger partial charge is 0.374 e. The van der Waals surface area contributed by atoms with Crippen molar-refractivity contribution in [1.29, 1.82) is 0 Å². The summed E-state index contributed by atoms with van der Waals surface area (Å²) in [5.41, 5.74) is 0. The molecule has 17 heavy (non-hydrogen) atoms. The number of ketones is 1. The maximum atomic E-state index is 11.4. The molecule has 0 aliphatic heterocycles. The van der Waals surface area contributed by atoms with Gasteiger partial charge in [0.1, 0.15) is 6.10 Å². The summed E-state index contributed by atoms with van der Waals surface area (Å²) in [7, 11) is 0. The number of carbonyl (C=O) groups excluding carboxylic acids is 2. The lowest BCUT2D eigenvalue weighted by Crippen LogP contribution is -2.28. The van der Waals surface area contributed by atoms with Gasteiger partial charge < -0.3 is 9.84 Å². The van der Waals surface area contributed by atoms with Crippen LogP contribution in [-0.2, 0) is 19.1 Å². The maximum Gasteiger partial charge on any atom is 0.374 e. The summed E-state index contributed by atoms with van der Waals surface area (Å²) in [5.74, 6) is -2.20. The summed E-state index contributed by atoms with van der Waals surface area (Å²) in [4.78, 5) is 32.9. The Bertz CT molecular complexity index is 310. The maximum absolute atomic E-state index is 11.4. The molecule has 5 nitrogen and oxygen atoms in total. The van der Waals surface area contributed by atoms with Crippen LogP contribution in [0.3, 0.4) is 0 Å². The number of ether oxygens (including phenoxy) is 1. The summed E-state index contributed by atoms with van der Waals surface area (Å²) in [5, 5.41) is 8.40. The second kappa shape index (κ2) is 6.37. The zero-order valence-electron chi connectivity index (χ0n) is 9.98. The second-order valence-electron chi connectivity index (χ2n) is 4.62. The van der Waals surface area contributed by atoms with Crippen molar-refractivity contribution >= 4 is 17.7 Å². The first-order valence-electron chi connectivity index (χ1n) is 5.94. The topological polar surface area (TPSA) is 80.7 Å². The van der Waals surface area contributed by atoms with Gasteiger partial charge in [-0.05, 0) is 25.2 Å². The van der Waals surface area contributed by atoms with E-state index in [4.69, 9.17) is 9.84 Å². The largest absolute Gasteiger partial charge is 0.481 e. The highest BCUT2D eigenvalue weighted by molar-refractivity contribution is 6.33. The van der Waals surface area contributed by atoms with Crippen molar-refractivity contribution in [3.8, 4) is 0 Å². The molecule has 2 atom stereocenters. The van der Waals surface area contributed by atoms with Crippen LogP contribution < -0.4 is 0 Å². The Kier molecular flexibility index (Phi) is 5.12. The van der Waals surface area contributed by atoms with Crippen LogP contribution in [0.5, 0.6) is 0 Å². The molecule has 0 amide bonds. The molecular weight excluding hydrogens is 224 g/mol. The number of hydrogen-bond donors (Lipinski definition) is 1. The van der Waals surface area contributed by atoms with E-state index >= 15 is 0 Å². The SMILES string of the molecule is C[C@H]1CCC[C@@H](OC(=O)C(=O)CCC(=O)O)C1. The minimum atomic E-state index is -1.09. The van der Waals surface area contributed by atoms with E-state index in [1.165, 1.54) is 0 Å². The van der Waals surface area contributed by atoms with Crippen molar-refractivity contribution in [2.75, 3.05) is 0 Å². The predicted octanol–water partition coefficient (Wildman–Crippen LogP) is 1.54. The zero-order chi connectivity index (χ0) is 12.8. The lowest BCUT2D eigenvalue weighted by atomic mass is 9.89. The number of rotatable bonds is 5. The minimum Gasteiger partial charge on any atom is -0.481 e. The molecule has 1 aliphatic rings. The summed E-state index contributed by atoms with van der Waals surface area (Å²) in [6.45, 7) is 2.09. The molecule has 96 valence electrons. The first-order chi connectivity index (χ1) is 7.99. The average Bonchev–Trinajstić information content (AvgIpc) is 2.25. The third kappa shape index (κ3) is 4.97. The van der Waals surface area contributed by atoms with Gasteiger partial charge in [0, 0.05) is 6.42 Å². The number of esters is 1. The van der Waals surface area contributed by atoms with E-state index in [0.717, 1.165) is 25.7 Å². The number of Topliss-reactive ketones (excluding diaryl/α,β-unsaturated/α-hetero) is 1. The average molecular weight is 242 g/mol. The van der Waals surface area contributed by atoms with Crippen molar-refractivity contribution in [3.63, 3.8) is 0 Å². The highest BCUT2D eigenvalue weighted by Gasteiger charge is 2.25. The first kappa shape index (κ1) is 13.7. The second-order valence-corrected chi connectivity index (χ2v) is 4.62. The molecular formula is C12H18O5. The molecule has 1 aliphatic carbocycles. The van der Waals surface area contributed by atoms with Crippen molar-refractivity contribution in [2.45, 2.75) is 51.6 Å². The number of carboxylic acids is 1. The zero-order valence-corrected chi connectivity index (χ0v) is 9.98. The number of carboxylic acid groups (broad SMARTS) is 1. The van der Waals surface area contributed by atoms with Gasteiger partial charge in [0.05, 0.1) is 6.42 Å². The third-order valence-corrected chi connectivity index (χ3v) is 2.96. The molecule has 1 saturated carbocycles. The Balaban J connectivity index is 2.32. The van der Waals surface area contributed by atoms with Crippen LogP contribution in [0.1, 0.15) is 45.4 Å². The van der Waals surface area contributed by atoms with Gasteiger partial charge >= 0.3 is 11.9 Å². The Labute approximate surface area is 100 Å². The summed E-state index contributed by atoms with van der Waals surface area (Å²) < 4.78 is 5.07. The van der Waals surface area contributed by atoms with Gasteiger partial charge in [0.15, 0.2) is 0 Å². The molecule has 0 aromatic rings. The predicted molar refractivity (Wildman–Crippen MR) is 59.4 cm³/mol. The molecule has 1 rings (SSSR count). The Morgan fingerprint density at radius 1 is 1.24 bits per heavy atom. The highest BCUT2D eigenvalue weighted by atomic mass is 16.5. The summed E-state index contributed by atoms with van der Waals surface area (Å²) in [6.07, 6.45) is 2.93. The van der Waals surface area contributed by atoms with E-state index in [1.807, 2.05) is 0 Å². The van der Waals surface area contributed by atoms with E-state index in [1.54, 1.807) is 0 Å². The van der Waals surface area contributed by atoms with Crippen molar-refractivity contribution < 1.29 is 24.2 Å². The van der Waals surface area contributed by atoms with Crippen LogP contribution in [0, 0.1) is 5.92 Å². The molecule has 0 spiro atoms. The van der Waals surface area contributed by atoms with Gasteiger partial charge in [-0.15, -0.1) is 0 Å². The fraction of sp³-hybridized carbons (Fsp3) is 0.750. The van der Waals surface area contributed by atoms with E-state index in [-0.39, 0.29) is 18.9 Å². The Morgan fingerprint density at radius 3 is 2.53 bits per heavy atom. The molecule has 0 bridgehead atoms. The molecule has 0 radical (unpaired) electrons. The monoisotopic (exact) mass is 242 g/mol. The quantitative estimate of drug-likeness (QED) is 0.584.